The highest BCUT2D eigenvalue weighted by Crippen LogP contribution is 2.12. The van der Waals surface area contributed by atoms with Crippen molar-refractivity contribution in [3.05, 3.63) is 24.3 Å². The number of halogens is 1. The van der Waals surface area contributed by atoms with Crippen molar-refractivity contribution >= 4 is 10.0 Å². The van der Waals surface area contributed by atoms with E-state index >= 15 is 0 Å². The zero-order valence-electron chi connectivity index (χ0n) is 10.3. The molecule has 0 aliphatic heterocycles. The number of hydrogen-bond donors (Lipinski definition) is 2. The van der Waals surface area contributed by atoms with Crippen molar-refractivity contribution in [3.63, 3.8) is 0 Å². The molecule has 0 aliphatic rings. The van der Waals surface area contributed by atoms with Gasteiger partial charge in [-0.05, 0) is 18.4 Å². The Balaban J connectivity index is 2.87. The van der Waals surface area contributed by atoms with E-state index in [0.717, 1.165) is 18.5 Å². The summed E-state index contributed by atoms with van der Waals surface area (Å²) in [5.41, 5.74) is 0. The fourth-order valence-electron chi connectivity index (χ4n) is 1.56. The average molecular weight is 276 g/mol. The second-order valence-corrected chi connectivity index (χ2v) is 6.18. The molecule has 1 atom stereocenters. The first kappa shape index (κ1) is 15.0. The molecular formula is C11H17FN2O3S. The quantitative estimate of drug-likeness (QED) is 0.809. The van der Waals surface area contributed by atoms with Crippen LogP contribution < -0.4 is 4.72 Å². The summed E-state index contributed by atoms with van der Waals surface area (Å²) in [5.74, 6) is -0.488. The predicted octanol–water partition coefficient (Wildman–Crippen LogP) is 0.906. The van der Waals surface area contributed by atoms with Crippen LogP contribution >= 0.6 is 0 Å². The number of rotatable bonds is 6. The van der Waals surface area contributed by atoms with Gasteiger partial charge in [-0.3, -0.25) is 4.98 Å². The molecular weight excluding hydrogens is 259 g/mol. The van der Waals surface area contributed by atoms with Gasteiger partial charge in [0.25, 0.3) is 0 Å². The average Bonchev–Trinajstić information content (AvgIpc) is 2.27. The highest BCUT2D eigenvalue weighted by molar-refractivity contribution is 7.89. The fraction of sp³-hybridized carbons (Fsp3) is 0.545. The molecule has 0 spiro atoms. The van der Waals surface area contributed by atoms with Gasteiger partial charge in [0.1, 0.15) is 10.7 Å². The van der Waals surface area contributed by atoms with Crippen molar-refractivity contribution in [1.82, 2.24) is 9.71 Å². The summed E-state index contributed by atoms with van der Waals surface area (Å²) >= 11 is 0. The molecule has 0 saturated heterocycles. The topological polar surface area (TPSA) is 79.3 Å². The van der Waals surface area contributed by atoms with E-state index in [4.69, 9.17) is 5.11 Å². The van der Waals surface area contributed by atoms with E-state index in [9.17, 15) is 12.8 Å². The van der Waals surface area contributed by atoms with Crippen molar-refractivity contribution in [2.45, 2.75) is 31.2 Å². The number of aromatic nitrogens is 1. The lowest BCUT2D eigenvalue weighted by Gasteiger charge is -2.18. The van der Waals surface area contributed by atoms with E-state index in [1.807, 2.05) is 13.8 Å². The Bertz CT molecular complexity index is 491. The lowest BCUT2D eigenvalue weighted by atomic mass is 10.1. The number of nitrogens with one attached hydrogen (secondary N) is 1. The van der Waals surface area contributed by atoms with Crippen LogP contribution in [0.2, 0.25) is 0 Å². The lowest BCUT2D eigenvalue weighted by molar-refractivity contribution is 0.240. The molecule has 1 unspecified atom stereocenters. The van der Waals surface area contributed by atoms with Crippen LogP contribution in [0.15, 0.2) is 23.4 Å². The Morgan fingerprint density at radius 1 is 1.44 bits per heavy atom. The van der Waals surface area contributed by atoms with Crippen LogP contribution in [-0.4, -0.2) is 31.2 Å². The minimum atomic E-state index is -3.85. The van der Waals surface area contributed by atoms with E-state index in [1.165, 1.54) is 0 Å². The van der Waals surface area contributed by atoms with Crippen molar-refractivity contribution in [3.8, 4) is 0 Å². The van der Waals surface area contributed by atoms with Gasteiger partial charge in [-0.25, -0.2) is 17.5 Å². The van der Waals surface area contributed by atoms with E-state index in [-0.39, 0.29) is 17.4 Å². The lowest BCUT2D eigenvalue weighted by Crippen LogP contribution is -2.38. The van der Waals surface area contributed by atoms with Crippen LogP contribution in [-0.2, 0) is 10.0 Å². The first-order chi connectivity index (χ1) is 8.35. The molecule has 0 bridgehead atoms. The fourth-order valence-corrected chi connectivity index (χ4v) is 2.77. The van der Waals surface area contributed by atoms with E-state index < -0.39 is 21.9 Å². The van der Waals surface area contributed by atoms with Gasteiger partial charge in [0, 0.05) is 12.2 Å². The van der Waals surface area contributed by atoms with Crippen LogP contribution in [0.4, 0.5) is 4.39 Å². The number of aliphatic hydroxyl groups excluding tert-OH is 1. The third kappa shape index (κ3) is 4.32. The molecule has 0 aromatic carbocycles. The van der Waals surface area contributed by atoms with Crippen molar-refractivity contribution < 1.29 is 17.9 Å². The smallest absolute Gasteiger partial charge is 0.242 e. The molecule has 0 fully saturated rings. The van der Waals surface area contributed by atoms with Gasteiger partial charge in [0.05, 0.1) is 12.8 Å². The van der Waals surface area contributed by atoms with Crippen LogP contribution in [0, 0.1) is 11.7 Å². The number of nitrogens with zero attached hydrogens (tertiary/aromatic N) is 1. The minimum Gasteiger partial charge on any atom is -0.395 e. The van der Waals surface area contributed by atoms with E-state index in [2.05, 4.69) is 9.71 Å². The standard InChI is InChI=1S/C11H17FN2O3S/c1-8(2)3-10(7-15)14-18(16,17)11-4-9(12)5-13-6-11/h4-6,8,10,14-15H,3,7H2,1-2H3. The largest absolute Gasteiger partial charge is 0.395 e. The SMILES string of the molecule is CC(C)CC(CO)NS(=O)(=O)c1cncc(F)c1. The van der Waals surface area contributed by atoms with E-state index in [0.29, 0.717) is 6.42 Å². The van der Waals surface area contributed by atoms with Gasteiger partial charge in [-0.2, -0.15) is 0 Å². The molecule has 0 amide bonds. The molecule has 0 radical (unpaired) electrons. The predicted molar refractivity (Wildman–Crippen MR) is 64.8 cm³/mol. The molecule has 7 heteroatoms. The Morgan fingerprint density at radius 3 is 2.61 bits per heavy atom. The van der Waals surface area contributed by atoms with Gasteiger partial charge in [0.15, 0.2) is 0 Å². The number of pyridine rings is 1. The number of sulfonamides is 1. The van der Waals surface area contributed by atoms with E-state index in [1.54, 1.807) is 0 Å². The summed E-state index contributed by atoms with van der Waals surface area (Å²) in [6.07, 6.45) is 2.49. The van der Waals surface area contributed by atoms with Gasteiger partial charge < -0.3 is 5.11 Å². The molecule has 1 aromatic heterocycles. The van der Waals surface area contributed by atoms with Gasteiger partial charge >= 0.3 is 0 Å². The number of aliphatic hydroxyl groups is 1. The second-order valence-electron chi connectivity index (χ2n) is 4.47. The van der Waals surface area contributed by atoms with Crippen molar-refractivity contribution in [1.29, 1.82) is 0 Å². The summed E-state index contributed by atoms with van der Waals surface area (Å²) in [5, 5.41) is 9.12. The molecule has 2 N–H and O–H groups in total. The summed E-state index contributed by atoms with van der Waals surface area (Å²) in [6, 6.07) is 0.303. The molecule has 1 rings (SSSR count). The first-order valence-electron chi connectivity index (χ1n) is 5.59. The van der Waals surface area contributed by atoms with Crippen molar-refractivity contribution in [2.24, 2.45) is 5.92 Å². The maximum atomic E-state index is 12.9. The van der Waals surface area contributed by atoms with Crippen LogP contribution in [0.1, 0.15) is 20.3 Å². The summed E-state index contributed by atoms with van der Waals surface area (Å²) in [6.45, 7) is 3.53. The third-order valence-corrected chi connectivity index (χ3v) is 3.78. The maximum absolute atomic E-state index is 12.9. The normalized spacial score (nSPS) is 13.8. The molecule has 5 nitrogen and oxygen atoms in total. The van der Waals surface area contributed by atoms with Gasteiger partial charge in [-0.1, -0.05) is 13.8 Å². The van der Waals surface area contributed by atoms with Crippen LogP contribution in [0.25, 0.3) is 0 Å². The Kier molecular flexibility index (Phi) is 5.18. The molecule has 18 heavy (non-hydrogen) atoms. The highest BCUT2D eigenvalue weighted by Gasteiger charge is 2.21. The molecule has 0 aliphatic carbocycles. The Morgan fingerprint density at radius 2 is 2.11 bits per heavy atom. The molecule has 1 heterocycles. The van der Waals surface area contributed by atoms with Gasteiger partial charge in [0.2, 0.25) is 10.0 Å². The van der Waals surface area contributed by atoms with Crippen LogP contribution in [0.3, 0.4) is 0 Å². The second kappa shape index (κ2) is 6.21. The van der Waals surface area contributed by atoms with Crippen LogP contribution in [0.5, 0.6) is 0 Å². The summed E-state index contributed by atoms with van der Waals surface area (Å²) in [4.78, 5) is 3.24. The zero-order valence-corrected chi connectivity index (χ0v) is 11.1. The molecule has 102 valence electrons. The Hall–Kier alpha value is -1.05. The maximum Gasteiger partial charge on any atom is 0.242 e. The Labute approximate surface area is 106 Å². The highest BCUT2D eigenvalue weighted by atomic mass is 32.2. The third-order valence-electron chi connectivity index (χ3n) is 2.29. The summed E-state index contributed by atoms with van der Waals surface area (Å²) < 4.78 is 39.1. The monoisotopic (exact) mass is 276 g/mol. The minimum absolute atomic E-state index is 0.232. The van der Waals surface area contributed by atoms with Gasteiger partial charge in [-0.15, -0.1) is 0 Å². The number of hydrogen-bond acceptors (Lipinski definition) is 4. The molecule has 1 aromatic rings. The summed E-state index contributed by atoms with van der Waals surface area (Å²) in [7, 11) is -3.85. The first-order valence-corrected chi connectivity index (χ1v) is 7.07. The zero-order chi connectivity index (χ0) is 13.8. The molecule has 0 saturated carbocycles. The van der Waals surface area contributed by atoms with Crippen molar-refractivity contribution in [2.75, 3.05) is 6.61 Å².